The molecule has 3 nitrogen and oxygen atoms in total. The number of primary amides is 1. The van der Waals surface area contributed by atoms with Crippen LogP contribution in [-0.2, 0) is 10.7 Å². The molecule has 6 heteroatoms. The van der Waals surface area contributed by atoms with Crippen LogP contribution in [0.15, 0.2) is 17.3 Å². The summed E-state index contributed by atoms with van der Waals surface area (Å²) >= 11 is 12.9. The number of pyridine rings is 1. The number of nitrogens with two attached hydrogens (primary N) is 1. The minimum Gasteiger partial charge on any atom is -0.369 e. The number of aromatic nitrogens is 1. The highest BCUT2D eigenvalue weighted by Crippen LogP contribution is 2.28. The molecule has 0 aliphatic rings. The molecule has 0 aliphatic carbocycles. The topological polar surface area (TPSA) is 56.0 Å². The van der Waals surface area contributed by atoms with Crippen LogP contribution < -0.4 is 5.73 Å². The molecule has 1 rings (SSSR count). The van der Waals surface area contributed by atoms with Crippen LogP contribution in [-0.4, -0.2) is 16.6 Å². The van der Waals surface area contributed by atoms with E-state index >= 15 is 0 Å². The molecule has 0 radical (unpaired) electrons. The lowest BCUT2D eigenvalue weighted by atomic mass is 10.3. The molecule has 0 saturated carbocycles. The van der Waals surface area contributed by atoms with Crippen molar-refractivity contribution in [2.75, 3.05) is 5.75 Å². The second kappa shape index (κ2) is 5.44. The maximum absolute atomic E-state index is 10.6. The summed E-state index contributed by atoms with van der Waals surface area (Å²) < 4.78 is 0. The smallest absolute Gasteiger partial charge is 0.227 e. The number of hydrogen-bond acceptors (Lipinski definition) is 3. The summed E-state index contributed by atoms with van der Waals surface area (Å²) in [6, 6.07) is 0. The molecule has 0 atom stereocenters. The molecule has 1 amide bonds. The molecule has 1 heterocycles. The van der Waals surface area contributed by atoms with E-state index in [4.69, 9.17) is 28.9 Å². The van der Waals surface area contributed by atoms with Gasteiger partial charge in [0.25, 0.3) is 0 Å². The Morgan fingerprint density at radius 1 is 1.57 bits per heavy atom. The van der Waals surface area contributed by atoms with E-state index in [0.717, 1.165) is 10.5 Å². The Morgan fingerprint density at radius 2 is 2.29 bits per heavy atom. The van der Waals surface area contributed by atoms with Crippen molar-refractivity contribution in [1.82, 2.24) is 4.98 Å². The molecule has 0 aliphatic heterocycles. The Labute approximate surface area is 96.0 Å². The maximum atomic E-state index is 10.6. The molecular weight excluding hydrogens is 243 g/mol. The average molecular weight is 251 g/mol. The second-order valence-corrected chi connectivity index (χ2v) is 4.18. The lowest BCUT2D eigenvalue weighted by molar-refractivity contribution is -0.115. The van der Waals surface area contributed by atoms with Crippen LogP contribution in [0.4, 0.5) is 0 Å². The van der Waals surface area contributed by atoms with Crippen LogP contribution in [0.25, 0.3) is 0 Å². The van der Waals surface area contributed by atoms with Crippen molar-refractivity contribution in [1.29, 1.82) is 0 Å². The highest BCUT2D eigenvalue weighted by molar-refractivity contribution is 8.00. The number of thioether (sulfide) groups is 1. The van der Waals surface area contributed by atoms with Gasteiger partial charge in [-0.15, -0.1) is 23.4 Å². The summed E-state index contributed by atoms with van der Waals surface area (Å²) in [4.78, 5) is 15.3. The third kappa shape index (κ3) is 3.04. The quantitative estimate of drug-likeness (QED) is 0.658. The first-order chi connectivity index (χ1) is 6.65. The van der Waals surface area contributed by atoms with Crippen molar-refractivity contribution >= 4 is 40.9 Å². The number of rotatable bonds is 4. The molecule has 0 saturated heterocycles. The fourth-order valence-electron chi connectivity index (χ4n) is 0.847. The third-order valence-electron chi connectivity index (χ3n) is 1.47. The van der Waals surface area contributed by atoms with Crippen molar-refractivity contribution in [3.8, 4) is 0 Å². The molecule has 2 N–H and O–H groups in total. The number of carbonyl (C=O) groups is 1. The number of alkyl halides is 1. The number of amides is 1. The van der Waals surface area contributed by atoms with E-state index in [0.29, 0.717) is 10.9 Å². The van der Waals surface area contributed by atoms with Gasteiger partial charge in [-0.1, -0.05) is 11.6 Å². The van der Waals surface area contributed by atoms with Crippen LogP contribution in [0.5, 0.6) is 0 Å². The van der Waals surface area contributed by atoms with Gasteiger partial charge in [-0.25, -0.2) is 0 Å². The number of carbonyl (C=O) groups excluding carboxylic acids is 1. The van der Waals surface area contributed by atoms with E-state index in [-0.39, 0.29) is 11.7 Å². The predicted octanol–water partition coefficient (Wildman–Crippen LogP) is 2.05. The van der Waals surface area contributed by atoms with E-state index in [2.05, 4.69) is 4.98 Å². The highest BCUT2D eigenvalue weighted by atomic mass is 35.5. The van der Waals surface area contributed by atoms with E-state index in [1.807, 2.05) is 0 Å². The molecular formula is C8H8Cl2N2OS. The van der Waals surface area contributed by atoms with Crippen molar-refractivity contribution < 1.29 is 4.79 Å². The lowest BCUT2D eigenvalue weighted by Gasteiger charge is -2.06. The summed E-state index contributed by atoms with van der Waals surface area (Å²) in [6.07, 6.45) is 3.14. The van der Waals surface area contributed by atoms with Crippen molar-refractivity contribution in [2.24, 2.45) is 5.73 Å². The summed E-state index contributed by atoms with van der Waals surface area (Å²) in [7, 11) is 0. The zero-order chi connectivity index (χ0) is 10.6. The van der Waals surface area contributed by atoms with E-state index in [1.54, 1.807) is 6.20 Å². The molecule has 0 unspecified atom stereocenters. The Morgan fingerprint density at radius 3 is 2.86 bits per heavy atom. The van der Waals surface area contributed by atoms with Gasteiger partial charge in [0.05, 0.1) is 16.7 Å². The summed E-state index contributed by atoms with van der Waals surface area (Å²) in [5.74, 6) is 0.115. The monoisotopic (exact) mass is 250 g/mol. The SMILES string of the molecule is NC(=O)CSc1cncc(Cl)c1CCl. The second-order valence-electron chi connectivity index (χ2n) is 2.49. The van der Waals surface area contributed by atoms with Gasteiger partial charge in [-0.3, -0.25) is 9.78 Å². The van der Waals surface area contributed by atoms with Crippen LogP contribution in [0.3, 0.4) is 0 Å². The Balaban J connectivity index is 2.85. The predicted molar refractivity (Wildman–Crippen MR) is 58.7 cm³/mol. The van der Waals surface area contributed by atoms with Crippen LogP contribution in [0.1, 0.15) is 5.56 Å². The Hall–Kier alpha value is -0.450. The minimum absolute atomic E-state index is 0.200. The molecule has 1 aromatic heterocycles. The third-order valence-corrected chi connectivity index (χ3v) is 3.15. The number of halogens is 2. The highest BCUT2D eigenvalue weighted by Gasteiger charge is 2.08. The first-order valence-electron chi connectivity index (χ1n) is 3.74. The molecule has 0 aromatic carbocycles. The summed E-state index contributed by atoms with van der Waals surface area (Å²) in [5.41, 5.74) is 5.81. The van der Waals surface area contributed by atoms with Crippen molar-refractivity contribution in [3.05, 3.63) is 23.0 Å². The van der Waals surface area contributed by atoms with Crippen LogP contribution in [0.2, 0.25) is 5.02 Å². The Bertz CT molecular complexity index is 346. The van der Waals surface area contributed by atoms with Gasteiger partial charge in [0.15, 0.2) is 0 Å². The number of hydrogen-bond donors (Lipinski definition) is 1. The van der Waals surface area contributed by atoms with Crippen LogP contribution >= 0.6 is 35.0 Å². The van der Waals surface area contributed by atoms with Gasteiger partial charge >= 0.3 is 0 Å². The van der Waals surface area contributed by atoms with Gasteiger partial charge in [0.1, 0.15) is 0 Å². The normalized spacial score (nSPS) is 10.1. The standard InChI is InChI=1S/C8H8Cl2N2OS/c9-1-5-6(10)2-12-3-7(5)14-4-8(11)13/h2-3H,1,4H2,(H2,11,13). The molecule has 0 bridgehead atoms. The summed E-state index contributed by atoms with van der Waals surface area (Å²) in [6.45, 7) is 0. The van der Waals surface area contributed by atoms with Gasteiger partial charge in [0, 0.05) is 22.9 Å². The first-order valence-corrected chi connectivity index (χ1v) is 5.64. The van der Waals surface area contributed by atoms with Gasteiger partial charge in [0.2, 0.25) is 5.91 Å². The zero-order valence-corrected chi connectivity index (χ0v) is 9.49. The van der Waals surface area contributed by atoms with Crippen LogP contribution in [0, 0.1) is 0 Å². The molecule has 0 fully saturated rings. The van der Waals surface area contributed by atoms with E-state index in [9.17, 15) is 4.79 Å². The van der Waals surface area contributed by atoms with E-state index < -0.39 is 0 Å². The zero-order valence-electron chi connectivity index (χ0n) is 7.17. The van der Waals surface area contributed by atoms with E-state index in [1.165, 1.54) is 18.0 Å². The van der Waals surface area contributed by atoms with Gasteiger partial charge in [-0.05, 0) is 0 Å². The molecule has 14 heavy (non-hydrogen) atoms. The minimum atomic E-state index is -0.379. The molecule has 76 valence electrons. The molecule has 1 aromatic rings. The summed E-state index contributed by atoms with van der Waals surface area (Å²) in [5, 5.41) is 0.509. The number of nitrogens with zero attached hydrogens (tertiary/aromatic N) is 1. The van der Waals surface area contributed by atoms with Gasteiger partial charge < -0.3 is 5.73 Å². The first kappa shape index (κ1) is 11.6. The fraction of sp³-hybridized carbons (Fsp3) is 0.250. The largest absolute Gasteiger partial charge is 0.369 e. The van der Waals surface area contributed by atoms with Crippen molar-refractivity contribution in [3.63, 3.8) is 0 Å². The average Bonchev–Trinajstić information content (AvgIpc) is 2.14. The fourth-order valence-corrected chi connectivity index (χ4v) is 2.35. The van der Waals surface area contributed by atoms with Gasteiger partial charge in [-0.2, -0.15) is 0 Å². The Kier molecular flexibility index (Phi) is 4.51. The lowest BCUT2D eigenvalue weighted by Crippen LogP contribution is -2.13. The maximum Gasteiger partial charge on any atom is 0.227 e. The molecule has 0 spiro atoms. The van der Waals surface area contributed by atoms with Crippen molar-refractivity contribution in [2.45, 2.75) is 10.8 Å².